The highest BCUT2D eigenvalue weighted by atomic mass is 16.5. The van der Waals surface area contributed by atoms with E-state index in [1.807, 2.05) is 0 Å². The molecule has 0 atom stereocenters. The molecule has 0 fully saturated rings. The van der Waals surface area contributed by atoms with Gasteiger partial charge in [0.25, 0.3) is 0 Å². The minimum Gasteiger partial charge on any atom is -0.453 e. The van der Waals surface area contributed by atoms with Crippen LogP contribution in [0.5, 0.6) is 11.5 Å². The summed E-state index contributed by atoms with van der Waals surface area (Å²) in [6.45, 7) is 33.0. The first-order valence-corrected chi connectivity index (χ1v) is 22.8. The molecule has 306 valence electrons. The van der Waals surface area contributed by atoms with Crippen LogP contribution in [0, 0.1) is 13.8 Å². The molecule has 2 nitrogen and oxygen atoms in total. The fourth-order valence-electron chi connectivity index (χ4n) is 10.2. The maximum atomic E-state index is 6.69. The molecule has 0 amide bonds. The molecule has 0 saturated heterocycles. The van der Waals surface area contributed by atoms with Crippen LogP contribution in [0.4, 0.5) is 17.1 Å². The minimum absolute atomic E-state index is 0.0550. The van der Waals surface area contributed by atoms with E-state index in [1.165, 1.54) is 77.3 Å². The average molecular weight is 790 g/mol. The number of hydrogen-bond acceptors (Lipinski definition) is 2. The Kier molecular flexibility index (Phi) is 11.2. The monoisotopic (exact) mass is 790 g/mol. The number of nitrogens with zero attached hydrogens (tertiary/aromatic N) is 1. The van der Waals surface area contributed by atoms with Gasteiger partial charge in [0.15, 0.2) is 11.5 Å². The van der Waals surface area contributed by atoms with Crippen molar-refractivity contribution in [3.63, 3.8) is 0 Å². The lowest BCUT2D eigenvalue weighted by Crippen LogP contribution is -2.76. The topological polar surface area (TPSA) is 12.5 Å². The molecule has 2 heterocycles. The third kappa shape index (κ3) is 7.22. The quantitative estimate of drug-likeness (QED) is 0.135. The highest BCUT2D eigenvalue weighted by Gasteiger charge is 2.43. The van der Waals surface area contributed by atoms with Crippen molar-refractivity contribution in [2.45, 2.75) is 132 Å². The van der Waals surface area contributed by atoms with Gasteiger partial charge < -0.3 is 9.64 Å². The summed E-state index contributed by atoms with van der Waals surface area (Å²) in [6, 6.07) is 40.4. The number of aryl methyl sites for hydroxylation is 2. The zero-order valence-corrected chi connectivity index (χ0v) is 38.8. The molecular formula is C56H65B2NO. The van der Waals surface area contributed by atoms with Gasteiger partial charge in [0.05, 0.1) is 11.4 Å². The van der Waals surface area contributed by atoms with Crippen LogP contribution in [0.2, 0.25) is 0 Å². The van der Waals surface area contributed by atoms with Gasteiger partial charge in [-0.2, -0.15) is 0 Å². The first-order chi connectivity index (χ1) is 28.5. The van der Waals surface area contributed by atoms with Crippen LogP contribution < -0.4 is 42.4 Å². The summed E-state index contributed by atoms with van der Waals surface area (Å²) < 4.78 is 6.69. The van der Waals surface area contributed by atoms with Gasteiger partial charge in [0.1, 0.15) is 0 Å². The van der Waals surface area contributed by atoms with Gasteiger partial charge in [-0.3, -0.25) is 0 Å². The molecule has 0 bridgehead atoms. The lowest BCUT2D eigenvalue weighted by atomic mass is 9.20. The highest BCUT2D eigenvalue weighted by molar-refractivity contribution is 7.11. The minimum atomic E-state index is 0.0550. The van der Waals surface area contributed by atoms with E-state index in [0.717, 1.165) is 28.6 Å². The molecule has 0 unspecified atom stereocenters. The van der Waals surface area contributed by atoms with Gasteiger partial charge in [-0.1, -0.05) is 183 Å². The van der Waals surface area contributed by atoms with E-state index in [0.29, 0.717) is 35.5 Å². The maximum absolute atomic E-state index is 6.69. The van der Waals surface area contributed by atoms with Crippen LogP contribution in [0.1, 0.15) is 163 Å². The SMILES string of the molecule is Cc1ccc2c(c1)Oc1cc(C)ccc1N2c1ccc2c(c1)B(c1c(C(C)C)cc(C(C)C)cc1C(C)C)c1ccccc1B2c1c(C(C)C)cc(C(C)C)cc1C(C)C. The van der Waals surface area contributed by atoms with E-state index in [1.54, 1.807) is 0 Å². The number of hydrogen-bond donors (Lipinski definition) is 0. The zero-order valence-electron chi connectivity index (χ0n) is 38.8. The summed E-state index contributed by atoms with van der Waals surface area (Å²) in [6.07, 6.45) is 0. The van der Waals surface area contributed by atoms with E-state index in [4.69, 9.17) is 4.74 Å². The standard InChI is InChI=1S/C56H65B2NO/c1-32(2)40-27-43(34(5)6)55(44(28-40)35(7)8)57-47-17-15-16-18-48(47)58(56-45(36(9)10)29-41(33(3)4)30-46(56)37(11)12)50-31-42(21-22-49(50)57)59-51-23-19-38(13)25-53(51)60-54-26-39(14)20-24-52(54)59/h15-37H,1-14H3. The lowest BCUT2D eigenvalue weighted by molar-refractivity contribution is 0.476. The van der Waals surface area contributed by atoms with E-state index in [-0.39, 0.29) is 13.4 Å². The summed E-state index contributed by atoms with van der Waals surface area (Å²) >= 11 is 0. The second-order valence-corrected chi connectivity index (χ2v) is 19.8. The molecule has 8 rings (SSSR count). The molecule has 0 radical (unpaired) electrons. The molecule has 4 heteroatoms. The molecule has 0 aliphatic carbocycles. The highest BCUT2D eigenvalue weighted by Crippen LogP contribution is 2.50. The van der Waals surface area contributed by atoms with Gasteiger partial charge in [-0.15, -0.1) is 0 Å². The normalized spacial score (nSPS) is 13.4. The molecule has 2 aliphatic rings. The fraction of sp³-hybridized carbons (Fsp3) is 0.357. The molecule has 6 aromatic rings. The summed E-state index contributed by atoms with van der Waals surface area (Å²) in [4.78, 5) is 2.45. The molecule has 60 heavy (non-hydrogen) atoms. The Morgan fingerprint density at radius 3 is 1.17 bits per heavy atom. The predicted octanol–water partition coefficient (Wildman–Crippen LogP) is 12.0. The number of ether oxygens (including phenoxy) is 1. The first kappa shape index (κ1) is 41.8. The number of rotatable bonds is 9. The summed E-state index contributed by atoms with van der Waals surface area (Å²) in [7, 11) is 0. The maximum Gasteiger partial charge on any atom is 0.240 e. The smallest absolute Gasteiger partial charge is 0.240 e. The Labute approximate surface area is 363 Å². The molecule has 0 spiro atoms. The molecule has 0 saturated carbocycles. The van der Waals surface area contributed by atoms with Crippen molar-refractivity contribution in [2.24, 2.45) is 0 Å². The Morgan fingerprint density at radius 2 is 0.783 bits per heavy atom. The van der Waals surface area contributed by atoms with Crippen LogP contribution in [-0.4, -0.2) is 13.4 Å². The van der Waals surface area contributed by atoms with Gasteiger partial charge >= 0.3 is 0 Å². The van der Waals surface area contributed by atoms with Crippen LogP contribution in [0.15, 0.2) is 103 Å². The molecular weight excluding hydrogens is 724 g/mol. The summed E-state index contributed by atoms with van der Waals surface area (Å²) in [5, 5.41) is 0. The van der Waals surface area contributed by atoms with Crippen molar-refractivity contribution in [2.75, 3.05) is 4.90 Å². The van der Waals surface area contributed by atoms with E-state index >= 15 is 0 Å². The second-order valence-electron chi connectivity index (χ2n) is 19.8. The Morgan fingerprint density at radius 1 is 0.400 bits per heavy atom. The summed E-state index contributed by atoms with van der Waals surface area (Å²) in [5.41, 5.74) is 23.1. The van der Waals surface area contributed by atoms with Crippen molar-refractivity contribution >= 4 is 63.3 Å². The van der Waals surface area contributed by atoms with Crippen LogP contribution in [-0.2, 0) is 0 Å². The van der Waals surface area contributed by atoms with Crippen molar-refractivity contribution in [1.29, 1.82) is 0 Å². The number of benzene rings is 6. The largest absolute Gasteiger partial charge is 0.453 e. The predicted molar refractivity (Wildman–Crippen MR) is 264 cm³/mol. The van der Waals surface area contributed by atoms with Crippen molar-refractivity contribution in [1.82, 2.24) is 0 Å². The molecule has 0 aromatic heterocycles. The fourth-order valence-corrected chi connectivity index (χ4v) is 10.2. The van der Waals surface area contributed by atoms with Gasteiger partial charge in [-0.05, 0) is 130 Å². The van der Waals surface area contributed by atoms with Crippen LogP contribution in [0.3, 0.4) is 0 Å². The second kappa shape index (κ2) is 16.2. The van der Waals surface area contributed by atoms with Crippen molar-refractivity contribution in [3.8, 4) is 11.5 Å². The third-order valence-corrected chi connectivity index (χ3v) is 13.4. The van der Waals surface area contributed by atoms with Crippen LogP contribution in [0.25, 0.3) is 0 Å². The first-order valence-electron chi connectivity index (χ1n) is 22.8. The lowest BCUT2D eigenvalue weighted by Gasteiger charge is -2.39. The molecule has 0 N–H and O–H groups in total. The Bertz CT molecular complexity index is 2480. The van der Waals surface area contributed by atoms with Gasteiger partial charge in [0.2, 0.25) is 13.4 Å². The van der Waals surface area contributed by atoms with Gasteiger partial charge in [-0.25, -0.2) is 0 Å². The van der Waals surface area contributed by atoms with Crippen molar-refractivity contribution in [3.05, 3.63) is 148 Å². The Balaban J connectivity index is 1.50. The molecule has 2 aliphatic heterocycles. The van der Waals surface area contributed by atoms with E-state index < -0.39 is 0 Å². The number of anilines is 3. The van der Waals surface area contributed by atoms with E-state index in [2.05, 4.69) is 205 Å². The van der Waals surface area contributed by atoms with Gasteiger partial charge in [0, 0.05) is 5.69 Å². The third-order valence-electron chi connectivity index (χ3n) is 13.4. The molecule has 6 aromatic carbocycles. The average Bonchev–Trinajstić information content (AvgIpc) is 3.20. The zero-order chi connectivity index (χ0) is 42.9. The summed E-state index contributed by atoms with van der Waals surface area (Å²) in [5.74, 6) is 4.17. The van der Waals surface area contributed by atoms with E-state index in [9.17, 15) is 0 Å². The Hall–Kier alpha value is -4.95. The van der Waals surface area contributed by atoms with Crippen LogP contribution >= 0.6 is 0 Å². The van der Waals surface area contributed by atoms with Crippen molar-refractivity contribution < 1.29 is 4.74 Å². The number of fused-ring (bicyclic) bond motifs is 4.